The third kappa shape index (κ3) is 4.40. The molecule has 3 aromatic rings. The van der Waals surface area contributed by atoms with Gasteiger partial charge in [0.2, 0.25) is 0 Å². The van der Waals surface area contributed by atoms with Crippen LogP contribution in [0.15, 0.2) is 61.4 Å². The summed E-state index contributed by atoms with van der Waals surface area (Å²) in [4.78, 5) is 8.47. The topological polar surface area (TPSA) is 64.8 Å². The summed E-state index contributed by atoms with van der Waals surface area (Å²) in [7, 11) is 1.81. The van der Waals surface area contributed by atoms with E-state index in [0.29, 0.717) is 48.9 Å². The van der Waals surface area contributed by atoms with Crippen molar-refractivity contribution in [2.45, 2.75) is 19.1 Å². The largest absolute Gasteiger partial charge is 0.507 e. The van der Waals surface area contributed by atoms with Crippen molar-refractivity contribution >= 4 is 5.69 Å². The fraction of sp³-hybridized carbons (Fsp3) is 0.320. The zero-order chi connectivity index (χ0) is 22.7. The number of nitrogens with zero attached hydrogens (tertiary/aromatic N) is 4. The number of phenols is 1. The number of aromatic nitrogens is 2. The quantitative estimate of drug-likeness (QED) is 0.556. The van der Waals surface area contributed by atoms with Gasteiger partial charge in [-0.25, -0.2) is 9.37 Å². The van der Waals surface area contributed by atoms with Crippen LogP contribution in [-0.2, 0) is 20.0 Å². The molecule has 0 aliphatic carbocycles. The van der Waals surface area contributed by atoms with E-state index in [1.807, 2.05) is 30.1 Å². The van der Waals surface area contributed by atoms with Crippen LogP contribution in [0, 0.1) is 5.82 Å². The number of rotatable bonds is 7. The number of hydrogen-bond donors (Lipinski definition) is 2. The van der Waals surface area contributed by atoms with Crippen LogP contribution >= 0.6 is 0 Å². The van der Waals surface area contributed by atoms with Gasteiger partial charge < -0.3 is 19.7 Å². The summed E-state index contributed by atoms with van der Waals surface area (Å²) < 4.78 is 16.7. The van der Waals surface area contributed by atoms with Crippen LogP contribution in [0.5, 0.6) is 5.75 Å². The van der Waals surface area contributed by atoms with Gasteiger partial charge in [0.05, 0.1) is 5.69 Å². The van der Waals surface area contributed by atoms with E-state index in [1.54, 1.807) is 35.2 Å². The van der Waals surface area contributed by atoms with Crippen LogP contribution in [0.1, 0.15) is 28.6 Å². The number of allylic oxidation sites excluding steroid dienone is 1. The van der Waals surface area contributed by atoms with Gasteiger partial charge in [0, 0.05) is 63.3 Å². The smallest absolute Gasteiger partial charge is 0.146 e. The molecule has 2 heterocycles. The van der Waals surface area contributed by atoms with Gasteiger partial charge in [-0.3, -0.25) is 4.90 Å². The van der Waals surface area contributed by atoms with E-state index in [4.69, 9.17) is 0 Å². The van der Waals surface area contributed by atoms with Crippen LogP contribution in [0.4, 0.5) is 10.1 Å². The lowest BCUT2D eigenvalue weighted by molar-refractivity contribution is 0.205. The number of phenolic OH excluding ortho intramolecular Hbond substituents is 1. The molecule has 0 spiro atoms. The number of aromatic hydroxyl groups is 1. The molecule has 0 radical (unpaired) electrons. The Kier molecular flexibility index (Phi) is 6.58. The molecule has 4 rings (SSSR count). The highest BCUT2D eigenvalue weighted by Gasteiger charge is 2.27. The summed E-state index contributed by atoms with van der Waals surface area (Å²) in [5.74, 6) is 0.453. The van der Waals surface area contributed by atoms with Crippen LogP contribution in [0.2, 0.25) is 0 Å². The number of piperazine rings is 1. The fourth-order valence-corrected chi connectivity index (χ4v) is 4.33. The molecule has 0 amide bonds. The molecule has 32 heavy (non-hydrogen) atoms. The molecule has 6 nitrogen and oxygen atoms in total. The third-order valence-corrected chi connectivity index (χ3v) is 6.07. The lowest BCUT2D eigenvalue weighted by Crippen LogP contribution is -2.46. The predicted molar refractivity (Wildman–Crippen MR) is 123 cm³/mol. The molecule has 1 atom stereocenters. The van der Waals surface area contributed by atoms with Gasteiger partial charge in [-0.2, -0.15) is 0 Å². The number of halogens is 1. The average Bonchev–Trinajstić information content (AvgIpc) is 3.22. The van der Waals surface area contributed by atoms with Crippen LogP contribution < -0.4 is 4.90 Å². The Hall–Kier alpha value is -3.16. The van der Waals surface area contributed by atoms with Gasteiger partial charge in [-0.1, -0.05) is 36.4 Å². The second-order valence-electron chi connectivity index (χ2n) is 8.16. The zero-order valence-corrected chi connectivity index (χ0v) is 18.3. The highest BCUT2D eigenvalue weighted by atomic mass is 19.1. The molecular formula is C25H29FN4O2. The highest BCUT2D eigenvalue weighted by molar-refractivity contribution is 5.57. The van der Waals surface area contributed by atoms with Crippen LogP contribution in [0.3, 0.4) is 0 Å². The van der Waals surface area contributed by atoms with Crippen molar-refractivity contribution in [3.8, 4) is 5.75 Å². The Bertz CT molecular complexity index is 1090. The van der Waals surface area contributed by atoms with Gasteiger partial charge in [-0.15, -0.1) is 6.58 Å². The molecule has 1 saturated heterocycles. The lowest BCUT2D eigenvalue weighted by atomic mass is 10.0. The Morgan fingerprint density at radius 3 is 2.53 bits per heavy atom. The van der Waals surface area contributed by atoms with Gasteiger partial charge in [0.15, 0.2) is 0 Å². The van der Waals surface area contributed by atoms with Gasteiger partial charge in [-0.05, 0) is 18.1 Å². The molecule has 1 aromatic heterocycles. The maximum absolute atomic E-state index is 14.9. The Labute approximate surface area is 187 Å². The first-order chi connectivity index (χ1) is 15.5. The van der Waals surface area contributed by atoms with Crippen molar-refractivity contribution in [2.75, 3.05) is 31.1 Å². The van der Waals surface area contributed by atoms with Crippen molar-refractivity contribution in [1.82, 2.24) is 14.5 Å². The van der Waals surface area contributed by atoms with E-state index in [-0.39, 0.29) is 5.82 Å². The normalized spacial score (nSPS) is 15.7. The Balaban J connectivity index is 1.49. The first-order valence-corrected chi connectivity index (χ1v) is 10.8. The van der Waals surface area contributed by atoms with E-state index in [2.05, 4.69) is 16.5 Å². The second-order valence-corrected chi connectivity index (χ2v) is 8.16. The minimum absolute atomic E-state index is 0.324. The first-order valence-electron chi connectivity index (χ1n) is 10.8. The summed E-state index contributed by atoms with van der Waals surface area (Å²) in [5.41, 5.74) is 2.70. The molecule has 1 aliphatic heterocycles. The van der Waals surface area contributed by atoms with E-state index >= 15 is 0 Å². The number of benzene rings is 2. The molecule has 7 heteroatoms. The molecule has 1 fully saturated rings. The third-order valence-electron chi connectivity index (χ3n) is 6.07. The summed E-state index contributed by atoms with van der Waals surface area (Å²) in [6.07, 6.45) is 4.78. The molecule has 0 bridgehead atoms. The summed E-state index contributed by atoms with van der Waals surface area (Å²) in [5, 5.41) is 21.5. The fourth-order valence-electron chi connectivity index (χ4n) is 4.33. The minimum Gasteiger partial charge on any atom is -0.507 e. The summed E-state index contributed by atoms with van der Waals surface area (Å²) in [6, 6.07) is 10.6. The molecule has 2 N–H and O–H groups in total. The number of imidazole rings is 1. The number of para-hydroxylation sites is 2. The highest BCUT2D eigenvalue weighted by Crippen LogP contribution is 2.33. The molecule has 168 valence electrons. The van der Waals surface area contributed by atoms with Gasteiger partial charge >= 0.3 is 0 Å². The maximum atomic E-state index is 14.9. The van der Waals surface area contributed by atoms with E-state index in [1.165, 1.54) is 6.07 Å². The van der Waals surface area contributed by atoms with Crippen molar-refractivity contribution in [2.24, 2.45) is 7.05 Å². The first kappa shape index (κ1) is 22.0. The number of aliphatic hydroxyl groups is 1. The standard InChI is InChI=1S/C25H29FN4O2/c1-3-6-18-7-4-8-19(23(18)31)17-29-13-15-30(16-14-29)22-20(9-5-10-21(22)26)24(32)25-27-11-12-28(25)2/h3-5,7-12,24,31-32H,1,6,13-17H2,2H3. The number of aryl methyl sites for hydroxylation is 1. The van der Waals surface area contributed by atoms with E-state index in [0.717, 1.165) is 24.2 Å². The van der Waals surface area contributed by atoms with Gasteiger partial charge in [0.1, 0.15) is 23.5 Å². The van der Waals surface area contributed by atoms with Crippen molar-refractivity contribution in [3.05, 3.63) is 89.8 Å². The predicted octanol–water partition coefficient (Wildman–Crippen LogP) is 3.40. The molecule has 2 aromatic carbocycles. The lowest BCUT2D eigenvalue weighted by Gasteiger charge is -2.37. The average molecular weight is 437 g/mol. The number of anilines is 1. The molecule has 1 aliphatic rings. The summed E-state index contributed by atoms with van der Waals surface area (Å²) >= 11 is 0. The van der Waals surface area contributed by atoms with Crippen molar-refractivity contribution in [3.63, 3.8) is 0 Å². The number of hydrogen-bond acceptors (Lipinski definition) is 5. The maximum Gasteiger partial charge on any atom is 0.146 e. The monoisotopic (exact) mass is 436 g/mol. The Morgan fingerprint density at radius 2 is 1.84 bits per heavy atom. The summed E-state index contributed by atoms with van der Waals surface area (Å²) in [6.45, 7) is 7.05. The number of aliphatic hydroxyl groups excluding tert-OH is 1. The van der Waals surface area contributed by atoms with E-state index < -0.39 is 6.10 Å². The zero-order valence-electron chi connectivity index (χ0n) is 18.3. The molecule has 1 unspecified atom stereocenters. The molecular weight excluding hydrogens is 407 g/mol. The van der Waals surface area contributed by atoms with Crippen LogP contribution in [0.25, 0.3) is 0 Å². The molecule has 0 saturated carbocycles. The Morgan fingerprint density at radius 1 is 1.12 bits per heavy atom. The van der Waals surface area contributed by atoms with Gasteiger partial charge in [0.25, 0.3) is 0 Å². The minimum atomic E-state index is -1.01. The SMILES string of the molecule is C=CCc1cccc(CN2CCN(c3c(F)cccc3C(O)c3nccn3C)CC2)c1O. The second kappa shape index (κ2) is 9.54. The van der Waals surface area contributed by atoms with Crippen LogP contribution in [-0.4, -0.2) is 50.8 Å². The van der Waals surface area contributed by atoms with Crippen molar-refractivity contribution in [1.29, 1.82) is 0 Å². The van der Waals surface area contributed by atoms with E-state index in [9.17, 15) is 14.6 Å². The van der Waals surface area contributed by atoms with Crippen molar-refractivity contribution < 1.29 is 14.6 Å².